The lowest BCUT2D eigenvalue weighted by Gasteiger charge is -2.22. The number of fused-ring (bicyclic) bond motifs is 4. The van der Waals surface area contributed by atoms with Gasteiger partial charge in [0.1, 0.15) is 17.1 Å². The molecule has 0 saturated carbocycles. The molecule has 0 bridgehead atoms. The Bertz CT molecular complexity index is 2900. The summed E-state index contributed by atoms with van der Waals surface area (Å²) in [7, 11) is 0. The van der Waals surface area contributed by atoms with Gasteiger partial charge in [0, 0.05) is 11.6 Å². The van der Waals surface area contributed by atoms with Crippen LogP contribution in [0.5, 0.6) is 17.4 Å². The molecule has 6 aromatic carbocycles. The number of hydrogen-bond acceptors (Lipinski definition) is 4. The number of nitrogens with zero attached hydrogens (tertiary/aromatic N) is 3. The van der Waals surface area contributed by atoms with E-state index in [1.165, 1.54) is 44.5 Å². The number of benzene rings is 6. The van der Waals surface area contributed by atoms with Crippen molar-refractivity contribution in [2.75, 3.05) is 0 Å². The van der Waals surface area contributed by atoms with Gasteiger partial charge in [-0.1, -0.05) is 125 Å². The second-order valence-corrected chi connectivity index (χ2v) is 17.9. The van der Waals surface area contributed by atoms with Gasteiger partial charge in [-0.25, -0.2) is 9.97 Å². The van der Waals surface area contributed by atoms with Crippen molar-refractivity contribution in [2.24, 2.45) is 5.41 Å². The van der Waals surface area contributed by atoms with Gasteiger partial charge < -0.3 is 9.84 Å². The third-order valence-electron chi connectivity index (χ3n) is 13.0. The summed E-state index contributed by atoms with van der Waals surface area (Å²) >= 11 is 0. The minimum atomic E-state index is 0.0787. The Morgan fingerprint density at radius 2 is 1.23 bits per heavy atom. The second kappa shape index (κ2) is 14.7. The number of ether oxygens (including phenoxy) is 1. The molecule has 0 unspecified atom stereocenters. The number of pyridine rings is 1. The summed E-state index contributed by atoms with van der Waals surface area (Å²) in [5.41, 5.74) is 18.5. The van der Waals surface area contributed by atoms with Crippen LogP contribution in [0.1, 0.15) is 84.0 Å². The fourth-order valence-corrected chi connectivity index (χ4v) is 10.3. The fraction of sp³-hybridized carbons (Fsp3) is 0.236. The molecule has 2 aromatic heterocycles. The van der Waals surface area contributed by atoms with Gasteiger partial charge in [0.15, 0.2) is 5.75 Å². The largest absolute Gasteiger partial charge is 0.507 e. The number of aromatic nitrogens is 3. The highest BCUT2D eigenvalue weighted by Gasteiger charge is 2.44. The predicted molar refractivity (Wildman–Crippen MR) is 245 cm³/mol. The van der Waals surface area contributed by atoms with E-state index >= 15 is 0 Å². The summed E-state index contributed by atoms with van der Waals surface area (Å²) < 4.78 is 9.29. The van der Waals surface area contributed by atoms with Crippen LogP contribution >= 0.6 is 0 Å². The molecule has 2 heterocycles. The maximum atomic E-state index is 11.4. The fourth-order valence-electron chi connectivity index (χ4n) is 10.3. The average Bonchev–Trinajstić information content (AvgIpc) is 3.92. The van der Waals surface area contributed by atoms with Crippen LogP contribution in [0, 0.1) is 19.3 Å². The quantitative estimate of drug-likeness (QED) is 0.167. The van der Waals surface area contributed by atoms with E-state index < -0.39 is 0 Å². The Morgan fingerprint density at radius 1 is 0.617 bits per heavy atom. The lowest BCUT2D eigenvalue weighted by atomic mass is 9.82. The van der Waals surface area contributed by atoms with Gasteiger partial charge in [-0.3, -0.25) is 4.57 Å². The van der Waals surface area contributed by atoms with Gasteiger partial charge in [-0.05, 0) is 143 Å². The molecule has 0 radical (unpaired) electrons. The summed E-state index contributed by atoms with van der Waals surface area (Å²) in [6, 6.07) is 46.7. The Balaban J connectivity index is 1.14. The molecule has 0 amide bonds. The molecule has 0 aliphatic heterocycles. The Kier molecular flexibility index (Phi) is 9.24. The lowest BCUT2D eigenvalue weighted by molar-refractivity contribution is 0.327. The Morgan fingerprint density at radius 3 is 1.93 bits per heavy atom. The first kappa shape index (κ1) is 37.8. The molecule has 10 rings (SSSR count). The van der Waals surface area contributed by atoms with Crippen LogP contribution < -0.4 is 4.74 Å². The van der Waals surface area contributed by atoms with E-state index in [1.807, 2.05) is 30.3 Å². The van der Waals surface area contributed by atoms with Crippen molar-refractivity contribution in [3.63, 3.8) is 0 Å². The number of phenolic OH excluding ortho intramolecular Hbond substituents is 1. The summed E-state index contributed by atoms with van der Waals surface area (Å²) in [4.78, 5) is 10.6. The molecule has 5 nitrogen and oxygen atoms in total. The highest BCUT2D eigenvalue weighted by molar-refractivity contribution is 5.93. The first-order valence-electron chi connectivity index (χ1n) is 21.4. The van der Waals surface area contributed by atoms with E-state index in [1.54, 1.807) is 6.07 Å². The minimum Gasteiger partial charge on any atom is -0.507 e. The molecule has 1 N–H and O–H groups in total. The van der Waals surface area contributed by atoms with Gasteiger partial charge >= 0.3 is 0 Å². The third-order valence-corrected chi connectivity index (χ3v) is 13.0. The zero-order chi connectivity index (χ0) is 41.3. The normalized spacial score (nSPS) is 14.1. The van der Waals surface area contributed by atoms with Crippen molar-refractivity contribution < 1.29 is 9.84 Å². The van der Waals surface area contributed by atoms with Gasteiger partial charge in [0.2, 0.25) is 5.88 Å². The van der Waals surface area contributed by atoms with Crippen molar-refractivity contribution >= 4 is 11.0 Å². The standard InChI is InChI=1S/C55H51N3O2/c1-33(2)42-22-13-23-43(34(3)4)50(42)38-20-12-19-37(27-38)46-24-14-26-49(56-46)60-48-28-41-31-55(29-39-17-7-8-18-40(39)30-55)32-45(41)53-51(48)57-54(44-21-9-10-25-47(44)59)58(53)52-35(5)15-11-16-36(52)6/h7-28,33-34,59H,29-32H2,1-6H3. The minimum absolute atomic E-state index is 0.0787. The van der Waals surface area contributed by atoms with Crippen LogP contribution in [-0.2, 0) is 25.7 Å². The smallest absolute Gasteiger partial charge is 0.219 e. The van der Waals surface area contributed by atoms with Crippen LogP contribution in [0.3, 0.4) is 0 Å². The van der Waals surface area contributed by atoms with Crippen LogP contribution in [-0.4, -0.2) is 19.6 Å². The van der Waals surface area contributed by atoms with E-state index in [4.69, 9.17) is 14.7 Å². The molecule has 0 fully saturated rings. The van der Waals surface area contributed by atoms with E-state index in [-0.39, 0.29) is 11.2 Å². The highest BCUT2D eigenvalue weighted by atomic mass is 16.5. The highest BCUT2D eigenvalue weighted by Crippen LogP contribution is 2.52. The molecule has 2 aliphatic carbocycles. The SMILES string of the molecule is Cc1cccc(C)c1-n1c(-c2ccccc2O)nc2c(Oc3cccc(-c4cccc(-c5c(C(C)C)cccc5C(C)C)c4)n3)cc3c(c21)CC1(Cc2ccccc2C1)C3. The number of para-hydroxylation sites is 2. The average molecular weight is 786 g/mol. The van der Waals surface area contributed by atoms with E-state index in [0.717, 1.165) is 64.8 Å². The number of hydrogen-bond donors (Lipinski definition) is 1. The van der Waals surface area contributed by atoms with Crippen LogP contribution in [0.25, 0.3) is 50.5 Å². The molecular weight excluding hydrogens is 735 g/mol. The van der Waals surface area contributed by atoms with Crippen molar-refractivity contribution in [1.29, 1.82) is 0 Å². The number of imidazole rings is 1. The summed E-state index contributed by atoms with van der Waals surface area (Å²) in [6.07, 6.45) is 3.97. The van der Waals surface area contributed by atoms with Crippen molar-refractivity contribution in [2.45, 2.75) is 79.1 Å². The van der Waals surface area contributed by atoms with Crippen LogP contribution in [0.4, 0.5) is 0 Å². The zero-order valence-electron chi connectivity index (χ0n) is 35.4. The van der Waals surface area contributed by atoms with Gasteiger partial charge in [-0.2, -0.15) is 0 Å². The van der Waals surface area contributed by atoms with E-state index in [0.29, 0.717) is 34.9 Å². The molecule has 5 heteroatoms. The molecule has 298 valence electrons. The molecule has 8 aromatic rings. The van der Waals surface area contributed by atoms with Crippen molar-refractivity contribution in [3.8, 4) is 56.8 Å². The summed E-state index contributed by atoms with van der Waals surface area (Å²) in [5.74, 6) is 2.85. The lowest BCUT2D eigenvalue weighted by Crippen LogP contribution is -2.21. The molecule has 2 aliphatic rings. The topological polar surface area (TPSA) is 60.2 Å². The van der Waals surface area contributed by atoms with Gasteiger partial charge in [0.05, 0.1) is 22.5 Å². The first-order chi connectivity index (χ1) is 29.1. The summed E-state index contributed by atoms with van der Waals surface area (Å²) in [6.45, 7) is 13.4. The molecular formula is C55H51N3O2. The third kappa shape index (κ3) is 6.39. The van der Waals surface area contributed by atoms with Gasteiger partial charge in [0.25, 0.3) is 0 Å². The number of aromatic hydroxyl groups is 1. The van der Waals surface area contributed by atoms with E-state index in [2.05, 4.69) is 143 Å². The maximum Gasteiger partial charge on any atom is 0.219 e. The molecule has 0 atom stereocenters. The van der Waals surface area contributed by atoms with Crippen LogP contribution in [0.15, 0.2) is 133 Å². The van der Waals surface area contributed by atoms with E-state index in [9.17, 15) is 5.11 Å². The monoisotopic (exact) mass is 785 g/mol. The first-order valence-corrected chi connectivity index (χ1v) is 21.4. The molecule has 1 spiro atoms. The van der Waals surface area contributed by atoms with Crippen LogP contribution in [0.2, 0.25) is 0 Å². The zero-order valence-corrected chi connectivity index (χ0v) is 35.4. The van der Waals surface area contributed by atoms with Crippen molar-refractivity contribution in [1.82, 2.24) is 14.5 Å². The predicted octanol–water partition coefficient (Wildman–Crippen LogP) is 13.7. The van der Waals surface area contributed by atoms with Crippen molar-refractivity contribution in [3.05, 3.63) is 178 Å². The second-order valence-electron chi connectivity index (χ2n) is 17.9. The number of rotatable bonds is 8. The molecule has 0 saturated heterocycles. The summed E-state index contributed by atoms with van der Waals surface area (Å²) in [5, 5.41) is 11.4. The van der Waals surface area contributed by atoms with Gasteiger partial charge in [-0.15, -0.1) is 0 Å². The number of aryl methyl sites for hydroxylation is 2. The Hall–Kier alpha value is -6.46. The molecule has 60 heavy (non-hydrogen) atoms. The number of phenols is 1. The Labute approximate surface area is 353 Å². The maximum absolute atomic E-state index is 11.4.